The van der Waals surface area contributed by atoms with E-state index in [1.807, 2.05) is 24.3 Å². The van der Waals surface area contributed by atoms with Crippen LogP contribution in [-0.4, -0.2) is 44.6 Å². The number of fused-ring (bicyclic) bond motifs is 1. The van der Waals surface area contributed by atoms with Gasteiger partial charge in [0, 0.05) is 12.6 Å². The maximum absolute atomic E-state index is 13.1. The van der Waals surface area contributed by atoms with Crippen molar-refractivity contribution < 1.29 is 22.7 Å². The fourth-order valence-corrected chi connectivity index (χ4v) is 4.52. The minimum atomic E-state index is -3.56. The van der Waals surface area contributed by atoms with Crippen molar-refractivity contribution in [3.63, 3.8) is 0 Å². The maximum Gasteiger partial charge on any atom is 0.243 e. The third-order valence-electron chi connectivity index (χ3n) is 4.90. The Kier molecular flexibility index (Phi) is 5.90. The zero-order chi connectivity index (χ0) is 20.3. The van der Waals surface area contributed by atoms with E-state index in [-0.39, 0.29) is 12.3 Å². The van der Waals surface area contributed by atoms with E-state index in [1.165, 1.54) is 11.4 Å². The Bertz CT molecular complexity index is 974. The number of nitrogens with zero attached hydrogens (tertiary/aromatic N) is 1. The molecule has 1 amide bonds. The Labute approximate surface area is 165 Å². The van der Waals surface area contributed by atoms with Crippen molar-refractivity contribution >= 4 is 21.6 Å². The number of ether oxygens (including phenoxy) is 2. The van der Waals surface area contributed by atoms with Gasteiger partial charge in [-0.25, -0.2) is 8.42 Å². The summed E-state index contributed by atoms with van der Waals surface area (Å²) in [5.74, 6) is 0.575. The number of hydrogen-bond acceptors (Lipinski definition) is 5. The number of hydrogen-bond donors (Lipinski definition) is 1. The molecule has 28 heavy (non-hydrogen) atoms. The number of sulfonamides is 1. The van der Waals surface area contributed by atoms with Gasteiger partial charge in [0.2, 0.25) is 15.9 Å². The van der Waals surface area contributed by atoms with E-state index >= 15 is 0 Å². The first-order valence-electron chi connectivity index (χ1n) is 8.98. The van der Waals surface area contributed by atoms with Crippen LogP contribution in [0.25, 0.3) is 0 Å². The Balaban J connectivity index is 1.92. The molecule has 1 atom stereocenters. The standard InChI is InChI=1S/C20H24N2O5S/c1-4-28(24,25)22-13-15-8-6-5-7-14(15)11-18(22)20(23)21-17-10-9-16(26-2)12-19(17)27-3/h5-10,12,18H,4,11,13H2,1-3H3,(H,21,23)/t18-/m1/s1. The van der Waals surface area contributed by atoms with Crippen LogP contribution in [0, 0.1) is 0 Å². The predicted octanol–water partition coefficient (Wildman–Crippen LogP) is 2.42. The van der Waals surface area contributed by atoms with Gasteiger partial charge in [-0.3, -0.25) is 4.79 Å². The van der Waals surface area contributed by atoms with Crippen LogP contribution >= 0.6 is 0 Å². The van der Waals surface area contributed by atoms with Crippen LogP contribution in [0.3, 0.4) is 0 Å². The highest BCUT2D eigenvalue weighted by molar-refractivity contribution is 7.89. The lowest BCUT2D eigenvalue weighted by Gasteiger charge is -2.34. The van der Waals surface area contributed by atoms with Gasteiger partial charge < -0.3 is 14.8 Å². The first-order chi connectivity index (χ1) is 13.4. The van der Waals surface area contributed by atoms with Crippen LogP contribution in [0.5, 0.6) is 11.5 Å². The largest absolute Gasteiger partial charge is 0.497 e. The van der Waals surface area contributed by atoms with Gasteiger partial charge in [0.25, 0.3) is 0 Å². The summed E-state index contributed by atoms with van der Waals surface area (Å²) in [4.78, 5) is 13.1. The first kappa shape index (κ1) is 20.2. The van der Waals surface area contributed by atoms with Gasteiger partial charge in [-0.05, 0) is 36.6 Å². The van der Waals surface area contributed by atoms with E-state index in [2.05, 4.69) is 5.32 Å². The van der Waals surface area contributed by atoms with Crippen LogP contribution in [0.1, 0.15) is 18.1 Å². The molecule has 7 nitrogen and oxygen atoms in total. The van der Waals surface area contributed by atoms with Crippen molar-refractivity contribution in [1.82, 2.24) is 4.31 Å². The number of carbonyl (C=O) groups is 1. The predicted molar refractivity (Wildman–Crippen MR) is 107 cm³/mol. The van der Waals surface area contributed by atoms with E-state index in [0.29, 0.717) is 23.6 Å². The lowest BCUT2D eigenvalue weighted by atomic mass is 9.95. The SMILES string of the molecule is CCS(=O)(=O)N1Cc2ccccc2C[C@@H]1C(=O)Nc1ccc(OC)cc1OC. The summed E-state index contributed by atoms with van der Waals surface area (Å²) in [5, 5.41) is 2.81. The molecule has 150 valence electrons. The van der Waals surface area contributed by atoms with Crippen molar-refractivity contribution in [2.45, 2.75) is 25.9 Å². The average molecular weight is 404 g/mol. The highest BCUT2D eigenvalue weighted by Gasteiger charge is 2.38. The fraction of sp³-hybridized carbons (Fsp3) is 0.350. The maximum atomic E-state index is 13.1. The molecule has 0 aliphatic carbocycles. The van der Waals surface area contributed by atoms with Gasteiger partial charge in [-0.1, -0.05) is 24.3 Å². The summed E-state index contributed by atoms with van der Waals surface area (Å²) in [6.45, 7) is 1.77. The number of benzene rings is 2. The van der Waals surface area contributed by atoms with Gasteiger partial charge in [-0.2, -0.15) is 4.31 Å². The molecule has 8 heteroatoms. The van der Waals surface area contributed by atoms with Gasteiger partial charge in [0.1, 0.15) is 17.5 Å². The number of carbonyl (C=O) groups excluding carboxylic acids is 1. The van der Waals surface area contributed by atoms with Crippen molar-refractivity contribution in [2.24, 2.45) is 0 Å². The number of anilines is 1. The molecule has 0 saturated heterocycles. The molecule has 0 aromatic heterocycles. The van der Waals surface area contributed by atoms with Crippen LogP contribution < -0.4 is 14.8 Å². The van der Waals surface area contributed by atoms with E-state index in [9.17, 15) is 13.2 Å². The van der Waals surface area contributed by atoms with E-state index in [1.54, 1.807) is 32.2 Å². The number of amides is 1. The Morgan fingerprint density at radius 1 is 1.14 bits per heavy atom. The van der Waals surface area contributed by atoms with Gasteiger partial charge in [0.15, 0.2) is 0 Å². The number of rotatable bonds is 6. The summed E-state index contributed by atoms with van der Waals surface area (Å²) in [5.41, 5.74) is 2.36. The second-order valence-corrected chi connectivity index (χ2v) is 8.70. The summed E-state index contributed by atoms with van der Waals surface area (Å²) in [7, 11) is -0.519. The third-order valence-corrected chi connectivity index (χ3v) is 6.72. The van der Waals surface area contributed by atoms with Crippen LogP contribution in [0.15, 0.2) is 42.5 Å². The number of nitrogens with one attached hydrogen (secondary N) is 1. The molecule has 0 fully saturated rings. The molecule has 0 spiro atoms. The zero-order valence-corrected chi connectivity index (χ0v) is 17.0. The van der Waals surface area contributed by atoms with Gasteiger partial charge in [0.05, 0.1) is 25.7 Å². The average Bonchev–Trinajstić information content (AvgIpc) is 2.72. The zero-order valence-electron chi connectivity index (χ0n) is 16.1. The fourth-order valence-electron chi connectivity index (χ4n) is 3.30. The van der Waals surface area contributed by atoms with E-state index in [4.69, 9.17) is 9.47 Å². The number of methoxy groups -OCH3 is 2. The molecule has 0 bridgehead atoms. The molecule has 1 aliphatic heterocycles. The molecular formula is C20H24N2O5S. The van der Waals surface area contributed by atoms with Crippen molar-refractivity contribution in [3.05, 3.63) is 53.6 Å². The van der Waals surface area contributed by atoms with Crippen LogP contribution in [0.4, 0.5) is 5.69 Å². The van der Waals surface area contributed by atoms with Gasteiger partial charge >= 0.3 is 0 Å². The molecule has 1 heterocycles. The Hall–Kier alpha value is -2.58. The van der Waals surface area contributed by atoms with Crippen LogP contribution in [0.2, 0.25) is 0 Å². The molecule has 0 saturated carbocycles. The molecule has 3 rings (SSSR count). The molecular weight excluding hydrogens is 380 g/mol. The molecule has 1 N–H and O–H groups in total. The molecule has 0 radical (unpaired) electrons. The summed E-state index contributed by atoms with van der Waals surface area (Å²) in [6.07, 6.45) is 0.319. The highest BCUT2D eigenvalue weighted by atomic mass is 32.2. The Morgan fingerprint density at radius 2 is 1.86 bits per heavy atom. The van der Waals surface area contributed by atoms with Crippen LogP contribution in [-0.2, 0) is 27.8 Å². The lowest BCUT2D eigenvalue weighted by molar-refractivity contribution is -0.120. The Morgan fingerprint density at radius 3 is 2.50 bits per heavy atom. The molecule has 1 aliphatic rings. The highest BCUT2D eigenvalue weighted by Crippen LogP contribution is 2.31. The topological polar surface area (TPSA) is 84.9 Å². The van der Waals surface area contributed by atoms with Gasteiger partial charge in [-0.15, -0.1) is 0 Å². The minimum Gasteiger partial charge on any atom is -0.497 e. The quantitative estimate of drug-likeness (QED) is 0.799. The first-order valence-corrected chi connectivity index (χ1v) is 10.6. The smallest absolute Gasteiger partial charge is 0.243 e. The molecule has 2 aromatic rings. The summed E-state index contributed by atoms with van der Waals surface area (Å²) >= 11 is 0. The third kappa shape index (κ3) is 3.98. The second kappa shape index (κ2) is 8.20. The summed E-state index contributed by atoms with van der Waals surface area (Å²) < 4.78 is 37.1. The minimum absolute atomic E-state index is 0.0647. The normalized spacial score (nSPS) is 16.9. The van der Waals surface area contributed by atoms with E-state index in [0.717, 1.165) is 11.1 Å². The van der Waals surface area contributed by atoms with Crippen molar-refractivity contribution in [1.29, 1.82) is 0 Å². The summed E-state index contributed by atoms with van der Waals surface area (Å²) in [6, 6.07) is 11.8. The lowest BCUT2D eigenvalue weighted by Crippen LogP contribution is -2.51. The van der Waals surface area contributed by atoms with Crippen molar-refractivity contribution in [2.75, 3.05) is 25.3 Å². The van der Waals surface area contributed by atoms with E-state index < -0.39 is 22.0 Å². The molecule has 0 unspecified atom stereocenters. The monoisotopic (exact) mass is 404 g/mol. The van der Waals surface area contributed by atoms with Crippen molar-refractivity contribution in [3.8, 4) is 11.5 Å². The molecule has 2 aromatic carbocycles. The second-order valence-electron chi connectivity index (χ2n) is 6.49.